The first-order valence-corrected chi connectivity index (χ1v) is 10.1. The zero-order chi connectivity index (χ0) is 22.4. The Morgan fingerprint density at radius 3 is 2.10 bits per heavy atom. The van der Waals surface area contributed by atoms with E-state index in [1.54, 1.807) is 6.20 Å². The summed E-state index contributed by atoms with van der Waals surface area (Å²) in [6, 6.07) is 16.5. The van der Waals surface area contributed by atoms with Crippen molar-refractivity contribution in [3.8, 4) is 0 Å². The minimum atomic E-state index is 0.789. The molecule has 0 fully saturated rings. The molecule has 1 N–H and O–H groups in total. The van der Waals surface area contributed by atoms with E-state index in [1.807, 2.05) is 57.2 Å². The molecule has 2 nitrogen and oxygen atoms in total. The average Bonchev–Trinajstić information content (AvgIpc) is 2.73. The van der Waals surface area contributed by atoms with Gasteiger partial charge in [-0.15, -0.1) is 0 Å². The normalized spacial score (nSPS) is 11.9. The van der Waals surface area contributed by atoms with Gasteiger partial charge in [-0.25, -0.2) is 4.99 Å². The lowest BCUT2D eigenvalue weighted by Crippen LogP contribution is -2.23. The van der Waals surface area contributed by atoms with Gasteiger partial charge >= 0.3 is 0 Å². The molecule has 0 radical (unpaired) electrons. The lowest BCUT2D eigenvalue weighted by atomic mass is 10.1. The standard InChI is InChI=1S/C18H22N2.C10H12/c1-6-16(13-12-14(3)4)20-18(19-7-2)17-11-9-8-10-15(17)5;1-3-6-10-8-5-4-7-9(10)2/h6-13H,2-3H2,1,4-5H3,(H,19,20);3-8H,1-2H3/b13-12-,16-6+;6-3-. The van der Waals surface area contributed by atoms with Crippen molar-refractivity contribution in [2.45, 2.75) is 34.6 Å². The van der Waals surface area contributed by atoms with Crippen LogP contribution < -0.4 is 5.32 Å². The third-order valence-corrected chi connectivity index (χ3v) is 4.28. The highest BCUT2D eigenvalue weighted by Crippen LogP contribution is 2.10. The molecule has 2 heteroatoms. The van der Waals surface area contributed by atoms with Crippen LogP contribution >= 0.6 is 0 Å². The number of benzene rings is 2. The summed E-state index contributed by atoms with van der Waals surface area (Å²) in [5.41, 5.74) is 6.85. The highest BCUT2D eigenvalue weighted by atomic mass is 15.0. The number of nitrogens with zero attached hydrogens (tertiary/aromatic N) is 1. The number of hydrogen-bond acceptors (Lipinski definition) is 1. The highest BCUT2D eigenvalue weighted by Gasteiger charge is 2.06. The molecule has 0 amide bonds. The van der Waals surface area contributed by atoms with E-state index in [9.17, 15) is 0 Å². The van der Waals surface area contributed by atoms with E-state index in [0.29, 0.717) is 0 Å². The molecule has 0 aliphatic heterocycles. The quantitative estimate of drug-likeness (QED) is 0.303. The van der Waals surface area contributed by atoms with Crippen molar-refractivity contribution in [3.63, 3.8) is 0 Å². The van der Waals surface area contributed by atoms with Crippen LogP contribution in [0.25, 0.3) is 6.08 Å². The molecular weight excluding hydrogens is 364 g/mol. The average molecular weight is 399 g/mol. The molecule has 156 valence electrons. The van der Waals surface area contributed by atoms with Gasteiger partial charge in [-0.2, -0.15) is 0 Å². The van der Waals surface area contributed by atoms with E-state index in [1.165, 1.54) is 16.7 Å². The number of nitrogens with one attached hydrogen (secondary N) is 1. The highest BCUT2D eigenvalue weighted by molar-refractivity contribution is 6.01. The van der Waals surface area contributed by atoms with Crippen molar-refractivity contribution in [2.24, 2.45) is 4.99 Å². The molecule has 2 aromatic rings. The van der Waals surface area contributed by atoms with Gasteiger partial charge in [0.05, 0.1) is 0 Å². The van der Waals surface area contributed by atoms with E-state index >= 15 is 0 Å². The van der Waals surface area contributed by atoms with Gasteiger partial charge in [-0.05, 0) is 57.4 Å². The molecule has 0 saturated carbocycles. The SMILES string of the molecule is C/C=C\c1ccccc1C.C=CN=C(NC(/C=C\C(=C)C)=C/C)c1ccccc1C. The lowest BCUT2D eigenvalue weighted by molar-refractivity contribution is 1.15. The van der Waals surface area contributed by atoms with Crippen molar-refractivity contribution in [2.75, 3.05) is 0 Å². The zero-order valence-electron chi connectivity index (χ0n) is 18.9. The van der Waals surface area contributed by atoms with Gasteiger partial charge in [-0.1, -0.05) is 91.6 Å². The predicted molar refractivity (Wildman–Crippen MR) is 135 cm³/mol. The molecule has 0 bridgehead atoms. The van der Waals surface area contributed by atoms with E-state index in [4.69, 9.17) is 0 Å². The molecule has 2 aromatic carbocycles. The summed E-state index contributed by atoms with van der Waals surface area (Å²) < 4.78 is 0. The number of aryl methyl sites for hydroxylation is 2. The maximum absolute atomic E-state index is 4.34. The lowest BCUT2D eigenvalue weighted by Gasteiger charge is -2.12. The summed E-state index contributed by atoms with van der Waals surface area (Å²) in [6.07, 6.45) is 11.7. The second-order valence-corrected chi connectivity index (χ2v) is 6.88. The summed E-state index contributed by atoms with van der Waals surface area (Å²) in [6.45, 7) is 17.7. The van der Waals surface area contributed by atoms with Gasteiger partial charge in [0.1, 0.15) is 5.84 Å². The number of aliphatic imine (C=N–C) groups is 1. The Kier molecular flexibility index (Phi) is 11.3. The number of allylic oxidation sites excluding steroid dienone is 5. The largest absolute Gasteiger partial charge is 0.340 e. The summed E-state index contributed by atoms with van der Waals surface area (Å²) in [5, 5.41) is 3.33. The van der Waals surface area contributed by atoms with Gasteiger partial charge in [0.15, 0.2) is 0 Å². The topological polar surface area (TPSA) is 24.4 Å². The molecule has 0 unspecified atom stereocenters. The van der Waals surface area contributed by atoms with Crippen LogP contribution in [0.15, 0.2) is 108 Å². The molecule has 30 heavy (non-hydrogen) atoms. The van der Waals surface area contributed by atoms with Crippen LogP contribution in [0.1, 0.15) is 43.0 Å². The Balaban J connectivity index is 0.000000375. The van der Waals surface area contributed by atoms with Crippen LogP contribution in [0.3, 0.4) is 0 Å². The van der Waals surface area contributed by atoms with Gasteiger partial charge in [0, 0.05) is 17.5 Å². The predicted octanol–water partition coefficient (Wildman–Crippen LogP) is 7.54. The molecule has 0 spiro atoms. The fourth-order valence-corrected chi connectivity index (χ4v) is 2.63. The minimum Gasteiger partial charge on any atom is -0.340 e. The summed E-state index contributed by atoms with van der Waals surface area (Å²) in [5.74, 6) is 0.789. The van der Waals surface area contributed by atoms with Crippen molar-refractivity contribution < 1.29 is 0 Å². The van der Waals surface area contributed by atoms with E-state index in [2.05, 4.69) is 79.8 Å². The molecule has 0 aromatic heterocycles. The molecule has 0 saturated heterocycles. The number of amidine groups is 1. The fourth-order valence-electron chi connectivity index (χ4n) is 2.63. The molecule has 2 rings (SSSR count). The third kappa shape index (κ3) is 8.74. The minimum absolute atomic E-state index is 0.789. The van der Waals surface area contributed by atoms with Crippen LogP contribution in [0.4, 0.5) is 0 Å². The first-order valence-electron chi connectivity index (χ1n) is 10.1. The summed E-state index contributed by atoms with van der Waals surface area (Å²) in [7, 11) is 0. The van der Waals surface area contributed by atoms with Crippen LogP contribution in [-0.4, -0.2) is 5.84 Å². The molecular formula is C28H34N2. The molecule has 0 heterocycles. The Morgan fingerprint density at radius 1 is 0.933 bits per heavy atom. The van der Waals surface area contributed by atoms with Gasteiger partial charge in [-0.3, -0.25) is 0 Å². The number of rotatable bonds is 6. The Hall–Kier alpha value is -3.39. The Labute approximate surface area is 182 Å². The van der Waals surface area contributed by atoms with Gasteiger partial charge < -0.3 is 5.32 Å². The molecule has 0 atom stereocenters. The van der Waals surface area contributed by atoms with Crippen LogP contribution in [-0.2, 0) is 0 Å². The van der Waals surface area contributed by atoms with Crippen molar-refractivity contribution >= 4 is 11.9 Å². The Morgan fingerprint density at radius 2 is 1.57 bits per heavy atom. The smallest absolute Gasteiger partial charge is 0.137 e. The van der Waals surface area contributed by atoms with Crippen LogP contribution in [0.5, 0.6) is 0 Å². The van der Waals surface area contributed by atoms with E-state index in [0.717, 1.165) is 22.7 Å². The zero-order valence-corrected chi connectivity index (χ0v) is 18.9. The second-order valence-electron chi connectivity index (χ2n) is 6.88. The van der Waals surface area contributed by atoms with Gasteiger partial charge in [0.25, 0.3) is 0 Å². The maximum atomic E-state index is 4.34. The van der Waals surface area contributed by atoms with Crippen LogP contribution in [0, 0.1) is 13.8 Å². The first kappa shape index (κ1) is 24.6. The summed E-state index contributed by atoms with van der Waals surface area (Å²) in [4.78, 5) is 4.34. The number of hydrogen-bond donors (Lipinski definition) is 1. The molecule has 0 aliphatic carbocycles. The van der Waals surface area contributed by atoms with Crippen molar-refractivity contribution in [3.05, 3.63) is 126 Å². The van der Waals surface area contributed by atoms with Crippen molar-refractivity contribution in [1.29, 1.82) is 0 Å². The second kappa shape index (κ2) is 13.7. The summed E-state index contributed by atoms with van der Waals surface area (Å²) >= 11 is 0. The van der Waals surface area contributed by atoms with Gasteiger partial charge in [0.2, 0.25) is 0 Å². The first-order chi connectivity index (χ1) is 14.4. The van der Waals surface area contributed by atoms with E-state index < -0.39 is 0 Å². The third-order valence-electron chi connectivity index (χ3n) is 4.28. The maximum Gasteiger partial charge on any atom is 0.137 e. The Bertz CT molecular complexity index is 956. The molecule has 0 aliphatic rings. The van der Waals surface area contributed by atoms with Crippen LogP contribution in [0.2, 0.25) is 0 Å². The van der Waals surface area contributed by atoms with E-state index in [-0.39, 0.29) is 0 Å². The fraction of sp³-hybridized carbons (Fsp3) is 0.179. The monoisotopic (exact) mass is 398 g/mol. The van der Waals surface area contributed by atoms with Crippen molar-refractivity contribution in [1.82, 2.24) is 5.32 Å².